The first kappa shape index (κ1) is 18.8. The zero-order valence-electron chi connectivity index (χ0n) is 12.3. The fraction of sp³-hybridized carbons (Fsp3) is 1.00. The van der Waals surface area contributed by atoms with Crippen molar-refractivity contribution in [3.8, 4) is 0 Å². The minimum atomic E-state index is -0.462. The summed E-state index contributed by atoms with van der Waals surface area (Å²) in [6.07, 6.45) is 2.62. The van der Waals surface area contributed by atoms with Crippen LogP contribution in [-0.2, 0) is 4.74 Å². The van der Waals surface area contributed by atoms with Crippen molar-refractivity contribution >= 4 is 0 Å². The van der Waals surface area contributed by atoms with Crippen LogP contribution in [0.3, 0.4) is 0 Å². The van der Waals surface area contributed by atoms with Gasteiger partial charge in [-0.3, -0.25) is 0 Å². The second kappa shape index (κ2) is 9.66. The first-order chi connectivity index (χ1) is 9.07. The topological polar surface area (TPSA) is 90.2 Å². The van der Waals surface area contributed by atoms with E-state index in [2.05, 4.69) is 0 Å². The number of aliphatic hydroxyl groups is 4. The molecule has 0 bridgehead atoms. The van der Waals surface area contributed by atoms with E-state index >= 15 is 0 Å². The summed E-state index contributed by atoms with van der Waals surface area (Å²) in [6, 6.07) is 0. The van der Waals surface area contributed by atoms with E-state index in [9.17, 15) is 20.4 Å². The van der Waals surface area contributed by atoms with Gasteiger partial charge in [-0.1, -0.05) is 13.8 Å². The van der Waals surface area contributed by atoms with E-state index in [1.807, 2.05) is 13.8 Å². The predicted octanol–water partition coefficient (Wildman–Crippen LogP) is 0.545. The van der Waals surface area contributed by atoms with Gasteiger partial charge in [-0.05, 0) is 25.7 Å². The Kier molecular flexibility index (Phi) is 9.56. The van der Waals surface area contributed by atoms with Crippen molar-refractivity contribution in [2.24, 2.45) is 10.8 Å². The molecule has 0 fully saturated rings. The summed E-state index contributed by atoms with van der Waals surface area (Å²) in [7, 11) is 0. The normalized spacial score (nSPS) is 12.9. The molecule has 0 spiro atoms. The molecule has 0 radical (unpaired) electrons. The Morgan fingerprint density at radius 3 is 1.21 bits per heavy atom. The van der Waals surface area contributed by atoms with Gasteiger partial charge in [-0.2, -0.15) is 0 Å². The van der Waals surface area contributed by atoms with Crippen LogP contribution in [0.25, 0.3) is 0 Å². The van der Waals surface area contributed by atoms with Crippen LogP contribution in [-0.4, -0.2) is 60.1 Å². The lowest BCUT2D eigenvalue weighted by Gasteiger charge is -2.30. The summed E-state index contributed by atoms with van der Waals surface area (Å²) >= 11 is 0. The molecule has 5 nitrogen and oxygen atoms in total. The molecule has 0 aliphatic heterocycles. The first-order valence-corrected chi connectivity index (χ1v) is 7.08. The Balaban J connectivity index is 3.98. The summed E-state index contributed by atoms with van der Waals surface area (Å²) in [6.45, 7) is 4.62. The van der Waals surface area contributed by atoms with Crippen molar-refractivity contribution in [3.63, 3.8) is 0 Å². The molecule has 0 amide bonds. The number of hydrogen-bond donors (Lipinski definition) is 4. The third-order valence-electron chi connectivity index (χ3n) is 4.40. The standard InChI is InChI=1S/C14H30O5/c1-3-13(9-15,10-16)5-7-19-8-6-14(4-2,11-17)12-18/h15-18H,3-12H2,1-2H3. The highest BCUT2D eigenvalue weighted by atomic mass is 16.5. The molecule has 0 rings (SSSR count). The predicted molar refractivity (Wildman–Crippen MR) is 73.8 cm³/mol. The molecule has 0 saturated heterocycles. The summed E-state index contributed by atoms with van der Waals surface area (Å²) in [4.78, 5) is 0. The summed E-state index contributed by atoms with van der Waals surface area (Å²) in [5.41, 5.74) is -0.925. The lowest BCUT2D eigenvalue weighted by Crippen LogP contribution is -2.32. The molecule has 4 N–H and O–H groups in total. The van der Waals surface area contributed by atoms with Gasteiger partial charge in [-0.25, -0.2) is 0 Å². The first-order valence-electron chi connectivity index (χ1n) is 7.08. The van der Waals surface area contributed by atoms with E-state index in [-0.39, 0.29) is 26.4 Å². The van der Waals surface area contributed by atoms with E-state index in [1.54, 1.807) is 0 Å². The average molecular weight is 278 g/mol. The Labute approximate surface area is 116 Å². The zero-order valence-corrected chi connectivity index (χ0v) is 12.3. The maximum absolute atomic E-state index is 9.29. The highest BCUT2D eigenvalue weighted by Crippen LogP contribution is 2.27. The Morgan fingerprint density at radius 1 is 0.684 bits per heavy atom. The Bertz CT molecular complexity index is 173. The fourth-order valence-electron chi connectivity index (χ4n) is 1.90. The quantitative estimate of drug-likeness (QED) is 0.391. The van der Waals surface area contributed by atoms with Gasteiger partial charge < -0.3 is 25.2 Å². The minimum absolute atomic E-state index is 0.0461. The van der Waals surface area contributed by atoms with Gasteiger partial charge in [0.25, 0.3) is 0 Å². The molecule has 0 atom stereocenters. The molecule has 0 aliphatic carbocycles. The van der Waals surface area contributed by atoms with Crippen LogP contribution in [0.1, 0.15) is 39.5 Å². The maximum Gasteiger partial charge on any atom is 0.0510 e. The van der Waals surface area contributed by atoms with Crippen LogP contribution in [0.2, 0.25) is 0 Å². The molecular formula is C14H30O5. The highest BCUT2D eigenvalue weighted by Gasteiger charge is 2.28. The van der Waals surface area contributed by atoms with Crippen molar-refractivity contribution < 1.29 is 25.2 Å². The van der Waals surface area contributed by atoms with Crippen LogP contribution in [0.15, 0.2) is 0 Å². The van der Waals surface area contributed by atoms with E-state index in [4.69, 9.17) is 4.74 Å². The van der Waals surface area contributed by atoms with Crippen LogP contribution < -0.4 is 0 Å². The highest BCUT2D eigenvalue weighted by molar-refractivity contribution is 4.77. The molecular weight excluding hydrogens is 248 g/mol. The second-order valence-corrected chi connectivity index (χ2v) is 5.45. The van der Waals surface area contributed by atoms with Crippen molar-refractivity contribution in [2.75, 3.05) is 39.6 Å². The molecule has 0 saturated carbocycles. The lowest BCUT2D eigenvalue weighted by atomic mass is 9.83. The van der Waals surface area contributed by atoms with Gasteiger partial charge in [-0.15, -0.1) is 0 Å². The molecule has 0 aromatic carbocycles. The summed E-state index contributed by atoms with van der Waals surface area (Å²) in [5.74, 6) is 0. The van der Waals surface area contributed by atoms with Crippen LogP contribution in [0, 0.1) is 10.8 Å². The fourth-order valence-corrected chi connectivity index (χ4v) is 1.90. The summed E-state index contributed by atoms with van der Waals surface area (Å²) in [5, 5.41) is 37.2. The average Bonchev–Trinajstić information content (AvgIpc) is 2.48. The lowest BCUT2D eigenvalue weighted by molar-refractivity contribution is -0.00917. The minimum Gasteiger partial charge on any atom is -0.396 e. The largest absolute Gasteiger partial charge is 0.396 e. The van der Waals surface area contributed by atoms with Gasteiger partial charge in [0.15, 0.2) is 0 Å². The van der Waals surface area contributed by atoms with Crippen LogP contribution >= 0.6 is 0 Å². The SMILES string of the molecule is CCC(CO)(CO)CCOCCC(CC)(CO)CO. The monoisotopic (exact) mass is 278 g/mol. The van der Waals surface area contributed by atoms with E-state index in [0.29, 0.717) is 38.9 Å². The van der Waals surface area contributed by atoms with Gasteiger partial charge in [0.05, 0.1) is 26.4 Å². The molecule has 0 unspecified atom stereocenters. The molecule has 5 heteroatoms. The van der Waals surface area contributed by atoms with Gasteiger partial charge in [0.1, 0.15) is 0 Å². The number of ether oxygens (including phenoxy) is 1. The van der Waals surface area contributed by atoms with Crippen molar-refractivity contribution in [1.82, 2.24) is 0 Å². The number of rotatable bonds is 12. The van der Waals surface area contributed by atoms with Crippen LogP contribution in [0.4, 0.5) is 0 Å². The van der Waals surface area contributed by atoms with Crippen molar-refractivity contribution in [2.45, 2.75) is 39.5 Å². The summed E-state index contributed by atoms with van der Waals surface area (Å²) < 4.78 is 5.51. The Morgan fingerprint density at radius 2 is 1.00 bits per heavy atom. The molecule has 0 aromatic rings. The van der Waals surface area contributed by atoms with Crippen molar-refractivity contribution in [3.05, 3.63) is 0 Å². The molecule has 116 valence electrons. The van der Waals surface area contributed by atoms with Crippen LogP contribution in [0.5, 0.6) is 0 Å². The third-order valence-corrected chi connectivity index (χ3v) is 4.40. The van der Waals surface area contributed by atoms with E-state index in [1.165, 1.54) is 0 Å². The zero-order chi connectivity index (χ0) is 14.8. The number of hydrogen-bond acceptors (Lipinski definition) is 5. The number of aliphatic hydroxyl groups excluding tert-OH is 4. The van der Waals surface area contributed by atoms with Gasteiger partial charge >= 0.3 is 0 Å². The Hall–Kier alpha value is -0.200. The van der Waals surface area contributed by atoms with Gasteiger partial charge in [0, 0.05) is 24.0 Å². The van der Waals surface area contributed by atoms with Gasteiger partial charge in [0.2, 0.25) is 0 Å². The van der Waals surface area contributed by atoms with E-state index in [0.717, 1.165) is 0 Å². The van der Waals surface area contributed by atoms with E-state index < -0.39 is 10.8 Å². The molecule has 19 heavy (non-hydrogen) atoms. The smallest absolute Gasteiger partial charge is 0.0510 e. The molecule has 0 heterocycles. The molecule has 0 aromatic heterocycles. The third kappa shape index (κ3) is 5.75. The maximum atomic E-state index is 9.29. The van der Waals surface area contributed by atoms with Crippen molar-refractivity contribution in [1.29, 1.82) is 0 Å². The second-order valence-electron chi connectivity index (χ2n) is 5.45. The molecule has 0 aliphatic rings.